The summed E-state index contributed by atoms with van der Waals surface area (Å²) in [4.78, 5) is 14.6. The molecule has 2 aromatic rings. The van der Waals surface area contributed by atoms with Crippen molar-refractivity contribution in [1.29, 1.82) is 0 Å². The molecule has 0 radical (unpaired) electrons. The van der Waals surface area contributed by atoms with Gasteiger partial charge in [-0.3, -0.25) is 4.79 Å². The lowest BCUT2D eigenvalue weighted by atomic mass is 10.3. The van der Waals surface area contributed by atoms with Crippen LogP contribution in [0, 0.1) is 6.92 Å². The minimum atomic E-state index is -0.0866. The van der Waals surface area contributed by atoms with Crippen LogP contribution in [0.2, 0.25) is 0 Å². The number of carbonyl (C=O) groups is 1. The van der Waals surface area contributed by atoms with Gasteiger partial charge in [0, 0.05) is 22.0 Å². The van der Waals surface area contributed by atoms with Crippen LogP contribution >= 0.6 is 11.3 Å². The summed E-state index contributed by atoms with van der Waals surface area (Å²) < 4.78 is 1.89. The van der Waals surface area contributed by atoms with E-state index in [1.165, 1.54) is 4.88 Å². The molecule has 1 amide bonds. The topological polar surface area (TPSA) is 60.1 Å². The van der Waals surface area contributed by atoms with Gasteiger partial charge in [0.2, 0.25) is 0 Å². The number of aromatic nitrogens is 1. The van der Waals surface area contributed by atoms with E-state index in [4.69, 9.17) is 5.73 Å². The average molecular weight is 277 g/mol. The number of anilines is 1. The lowest BCUT2D eigenvalue weighted by molar-refractivity contribution is 0.0940. The third-order valence-corrected chi connectivity index (χ3v) is 3.88. The number of nitrogens with one attached hydrogen (secondary N) is 1. The molecule has 4 nitrogen and oxygen atoms in total. The third kappa shape index (κ3) is 3.17. The van der Waals surface area contributed by atoms with E-state index in [0.29, 0.717) is 17.9 Å². The number of hydrogen-bond donors (Lipinski definition) is 2. The molecule has 0 bridgehead atoms. The Kier molecular flexibility index (Phi) is 3.95. The lowest BCUT2D eigenvalue weighted by Crippen LogP contribution is -2.25. The number of nitrogens with two attached hydrogens (primary N) is 1. The number of nitrogens with zero attached hydrogens (tertiary/aromatic N) is 1. The van der Waals surface area contributed by atoms with Gasteiger partial charge in [-0.1, -0.05) is 0 Å². The highest BCUT2D eigenvalue weighted by Crippen LogP contribution is 2.17. The van der Waals surface area contributed by atoms with Crippen molar-refractivity contribution in [2.45, 2.75) is 33.4 Å². The molecule has 3 N–H and O–H groups in total. The van der Waals surface area contributed by atoms with Gasteiger partial charge in [-0.05, 0) is 39.0 Å². The number of amides is 1. The number of nitrogen functional groups attached to an aromatic ring is 1. The maximum Gasteiger partial charge on any atom is 0.268 e. The van der Waals surface area contributed by atoms with E-state index >= 15 is 0 Å². The highest BCUT2D eigenvalue weighted by Gasteiger charge is 2.14. The average Bonchev–Trinajstić information content (AvgIpc) is 2.92. The molecular weight excluding hydrogens is 258 g/mol. The van der Waals surface area contributed by atoms with E-state index in [9.17, 15) is 4.79 Å². The van der Waals surface area contributed by atoms with E-state index in [0.717, 1.165) is 4.88 Å². The van der Waals surface area contributed by atoms with Crippen molar-refractivity contribution in [2.75, 3.05) is 5.73 Å². The van der Waals surface area contributed by atoms with Gasteiger partial charge in [0.1, 0.15) is 5.69 Å². The second-order valence-electron chi connectivity index (χ2n) is 4.85. The molecule has 102 valence electrons. The minimum absolute atomic E-state index is 0.0866. The van der Waals surface area contributed by atoms with E-state index in [1.54, 1.807) is 23.6 Å². The molecule has 0 unspecified atom stereocenters. The Hall–Kier alpha value is -1.75. The van der Waals surface area contributed by atoms with Crippen LogP contribution in [-0.2, 0) is 6.54 Å². The van der Waals surface area contributed by atoms with Crippen LogP contribution in [-0.4, -0.2) is 10.5 Å². The Bertz CT molecular complexity index is 583. The van der Waals surface area contributed by atoms with Gasteiger partial charge in [0.25, 0.3) is 5.91 Å². The molecular formula is C14H19N3OS. The van der Waals surface area contributed by atoms with Gasteiger partial charge in [0.05, 0.1) is 12.2 Å². The number of rotatable bonds is 4. The molecule has 5 heteroatoms. The van der Waals surface area contributed by atoms with Crippen LogP contribution in [0.5, 0.6) is 0 Å². The summed E-state index contributed by atoms with van der Waals surface area (Å²) in [6, 6.07) is 6.02. The Morgan fingerprint density at radius 1 is 1.47 bits per heavy atom. The Labute approximate surface area is 117 Å². The molecule has 2 rings (SSSR count). The standard InChI is InChI=1S/C14H19N3OS/c1-9(2)17-8-11(15)6-13(17)14(18)16-7-12-5-4-10(3)19-12/h4-6,8-9H,7,15H2,1-3H3,(H,16,18). The highest BCUT2D eigenvalue weighted by molar-refractivity contribution is 7.11. The summed E-state index contributed by atoms with van der Waals surface area (Å²) in [6.45, 7) is 6.67. The predicted molar refractivity (Wildman–Crippen MR) is 79.5 cm³/mol. The largest absolute Gasteiger partial charge is 0.397 e. The highest BCUT2D eigenvalue weighted by atomic mass is 32.1. The third-order valence-electron chi connectivity index (χ3n) is 2.88. The number of thiophene rings is 1. The molecule has 0 aliphatic carbocycles. The molecule has 0 aliphatic rings. The fourth-order valence-corrected chi connectivity index (χ4v) is 2.78. The van der Waals surface area contributed by atoms with Crippen LogP contribution in [0.3, 0.4) is 0 Å². The Morgan fingerprint density at radius 2 is 2.21 bits per heavy atom. The number of hydrogen-bond acceptors (Lipinski definition) is 3. The molecule has 0 atom stereocenters. The second-order valence-corrected chi connectivity index (χ2v) is 6.23. The van der Waals surface area contributed by atoms with Gasteiger partial charge in [0.15, 0.2) is 0 Å². The van der Waals surface area contributed by atoms with E-state index in [-0.39, 0.29) is 11.9 Å². The molecule has 0 saturated carbocycles. The Morgan fingerprint density at radius 3 is 2.79 bits per heavy atom. The maximum atomic E-state index is 12.2. The SMILES string of the molecule is Cc1ccc(CNC(=O)c2cc(N)cn2C(C)C)s1. The normalized spacial score (nSPS) is 10.9. The van der Waals surface area contributed by atoms with Gasteiger partial charge >= 0.3 is 0 Å². The summed E-state index contributed by atoms with van der Waals surface area (Å²) in [5.41, 5.74) is 7.00. The predicted octanol–water partition coefficient (Wildman–Crippen LogP) is 2.95. The Balaban J connectivity index is 2.07. The quantitative estimate of drug-likeness (QED) is 0.902. The van der Waals surface area contributed by atoms with Crippen molar-refractivity contribution in [1.82, 2.24) is 9.88 Å². The zero-order valence-electron chi connectivity index (χ0n) is 11.4. The summed E-state index contributed by atoms with van der Waals surface area (Å²) >= 11 is 1.69. The van der Waals surface area contributed by atoms with Crippen molar-refractivity contribution in [3.63, 3.8) is 0 Å². The first kappa shape index (κ1) is 13.7. The van der Waals surface area contributed by atoms with Crippen LogP contribution in [0.4, 0.5) is 5.69 Å². The molecule has 2 heterocycles. The van der Waals surface area contributed by atoms with Gasteiger partial charge in [-0.25, -0.2) is 0 Å². The van der Waals surface area contributed by atoms with Crippen LogP contribution in [0.15, 0.2) is 24.4 Å². The van der Waals surface area contributed by atoms with Gasteiger partial charge in [-0.15, -0.1) is 11.3 Å². The number of carbonyl (C=O) groups excluding carboxylic acids is 1. The molecule has 0 spiro atoms. The van der Waals surface area contributed by atoms with Crippen LogP contribution < -0.4 is 11.1 Å². The second kappa shape index (κ2) is 5.48. The molecule has 19 heavy (non-hydrogen) atoms. The van der Waals surface area contributed by atoms with Crippen molar-refractivity contribution < 1.29 is 4.79 Å². The first-order valence-electron chi connectivity index (χ1n) is 6.28. The fraction of sp³-hybridized carbons (Fsp3) is 0.357. The molecule has 0 fully saturated rings. The molecule has 2 aromatic heterocycles. The minimum Gasteiger partial charge on any atom is -0.397 e. The first-order chi connectivity index (χ1) is 8.97. The summed E-state index contributed by atoms with van der Waals surface area (Å²) in [6.07, 6.45) is 1.80. The molecule has 0 saturated heterocycles. The summed E-state index contributed by atoms with van der Waals surface area (Å²) in [5.74, 6) is -0.0866. The summed E-state index contributed by atoms with van der Waals surface area (Å²) in [7, 11) is 0. The zero-order chi connectivity index (χ0) is 14.0. The van der Waals surface area contributed by atoms with Crippen LogP contribution in [0.1, 0.15) is 40.1 Å². The van der Waals surface area contributed by atoms with Gasteiger partial charge < -0.3 is 15.6 Å². The van der Waals surface area contributed by atoms with E-state index in [2.05, 4.69) is 18.3 Å². The van der Waals surface area contributed by atoms with Crippen molar-refractivity contribution in [3.8, 4) is 0 Å². The first-order valence-corrected chi connectivity index (χ1v) is 7.10. The summed E-state index contributed by atoms with van der Waals surface area (Å²) in [5, 5.41) is 2.93. The van der Waals surface area contributed by atoms with Crippen LogP contribution in [0.25, 0.3) is 0 Å². The zero-order valence-corrected chi connectivity index (χ0v) is 12.3. The molecule has 0 aliphatic heterocycles. The van der Waals surface area contributed by atoms with E-state index in [1.807, 2.05) is 24.5 Å². The van der Waals surface area contributed by atoms with Gasteiger partial charge in [-0.2, -0.15) is 0 Å². The van der Waals surface area contributed by atoms with Crippen molar-refractivity contribution in [2.24, 2.45) is 0 Å². The molecule has 0 aromatic carbocycles. The fourth-order valence-electron chi connectivity index (χ4n) is 1.95. The van der Waals surface area contributed by atoms with E-state index < -0.39 is 0 Å². The van der Waals surface area contributed by atoms with Crippen molar-refractivity contribution in [3.05, 3.63) is 39.8 Å². The smallest absolute Gasteiger partial charge is 0.268 e. The monoisotopic (exact) mass is 277 g/mol. The lowest BCUT2D eigenvalue weighted by Gasteiger charge is -2.12. The maximum absolute atomic E-state index is 12.2. The number of aryl methyl sites for hydroxylation is 1. The van der Waals surface area contributed by atoms with Crippen molar-refractivity contribution >= 4 is 22.9 Å².